The summed E-state index contributed by atoms with van der Waals surface area (Å²) in [6.07, 6.45) is -1.65. The number of hydrogen-bond donors (Lipinski definition) is 0. The maximum Gasteiger partial charge on any atom is 0.419 e. The molecule has 2 saturated carbocycles. The van der Waals surface area contributed by atoms with E-state index in [2.05, 4.69) is 0 Å². The highest BCUT2D eigenvalue weighted by Crippen LogP contribution is 2.47. The molecule has 32 heavy (non-hydrogen) atoms. The van der Waals surface area contributed by atoms with Gasteiger partial charge in [0.05, 0.1) is 33.1 Å². The third kappa shape index (κ3) is 6.35. The largest absolute Gasteiger partial charge is 0.748 e. The number of ether oxygens (including phenoxy) is 3. The van der Waals surface area contributed by atoms with Crippen LogP contribution >= 0.6 is 0 Å². The van der Waals surface area contributed by atoms with Gasteiger partial charge in [-0.2, -0.15) is 13.2 Å². The highest BCUT2D eigenvalue weighted by molar-refractivity contribution is 7.85. The Morgan fingerprint density at radius 3 is 2.47 bits per heavy atom. The summed E-state index contributed by atoms with van der Waals surface area (Å²) in [6.45, 7) is 2.84. The predicted molar refractivity (Wildman–Crippen MR) is 106 cm³/mol. The van der Waals surface area contributed by atoms with Crippen LogP contribution in [0.3, 0.4) is 0 Å². The normalized spacial score (nSPS) is 24.0. The monoisotopic (exact) mass is 479 g/mol. The lowest BCUT2D eigenvalue weighted by molar-refractivity contribution is -0.164. The van der Waals surface area contributed by atoms with Crippen molar-refractivity contribution in [1.29, 1.82) is 0 Å². The molecule has 0 amide bonds. The van der Waals surface area contributed by atoms with Gasteiger partial charge in [-0.1, -0.05) is 13.8 Å². The van der Waals surface area contributed by atoms with Crippen LogP contribution in [-0.2, 0) is 25.8 Å². The molecule has 11 heteroatoms. The van der Waals surface area contributed by atoms with Gasteiger partial charge in [-0.15, -0.1) is 0 Å². The van der Waals surface area contributed by atoms with Gasteiger partial charge in [-0.3, -0.25) is 0 Å². The zero-order valence-corrected chi connectivity index (χ0v) is 18.6. The fourth-order valence-electron chi connectivity index (χ4n) is 4.27. The Morgan fingerprint density at radius 2 is 1.94 bits per heavy atom. The fourth-order valence-corrected chi connectivity index (χ4v) is 4.56. The quantitative estimate of drug-likeness (QED) is 0.300. The number of halogens is 3. The van der Waals surface area contributed by atoms with Crippen LogP contribution < -0.4 is 4.74 Å². The van der Waals surface area contributed by atoms with E-state index >= 15 is 0 Å². The van der Waals surface area contributed by atoms with Crippen molar-refractivity contribution in [1.82, 2.24) is 0 Å². The highest BCUT2D eigenvalue weighted by Gasteiger charge is 2.42. The second-order valence-electron chi connectivity index (χ2n) is 8.69. The molecule has 1 aromatic carbocycles. The van der Waals surface area contributed by atoms with Crippen molar-refractivity contribution in [3.8, 4) is 5.75 Å². The van der Waals surface area contributed by atoms with E-state index in [9.17, 15) is 30.9 Å². The standard InChI is InChI=1S/C21H27F3O7S/c1-12(2)20(30-17-10-13-3-4-14(17)9-13)31-18-11-15(5-6-16(18)21(22,23)24)19(25)29-7-8-32(26,27)28/h5-6,11-14,17,20H,3-4,7-10H2,1-2H3,(H,26,27,28)/p-1. The molecule has 4 unspecified atom stereocenters. The van der Waals surface area contributed by atoms with E-state index in [1.165, 1.54) is 0 Å². The molecular weight excluding hydrogens is 453 g/mol. The van der Waals surface area contributed by atoms with Crippen molar-refractivity contribution in [2.45, 2.75) is 58.1 Å². The van der Waals surface area contributed by atoms with Crippen molar-refractivity contribution in [3.63, 3.8) is 0 Å². The summed E-state index contributed by atoms with van der Waals surface area (Å²) in [5.41, 5.74) is -1.34. The summed E-state index contributed by atoms with van der Waals surface area (Å²) in [7, 11) is -4.59. The summed E-state index contributed by atoms with van der Waals surface area (Å²) in [5, 5.41) is 0. The van der Waals surface area contributed by atoms with Gasteiger partial charge >= 0.3 is 12.1 Å². The zero-order chi connectivity index (χ0) is 23.7. The molecule has 2 aliphatic rings. The molecule has 1 aromatic rings. The van der Waals surface area contributed by atoms with E-state index in [4.69, 9.17) is 14.2 Å². The summed E-state index contributed by atoms with van der Waals surface area (Å²) >= 11 is 0. The Labute approximate surface area is 185 Å². The van der Waals surface area contributed by atoms with Gasteiger partial charge in [-0.05, 0) is 55.7 Å². The van der Waals surface area contributed by atoms with Crippen molar-refractivity contribution < 1.29 is 45.1 Å². The van der Waals surface area contributed by atoms with Gasteiger partial charge in [-0.25, -0.2) is 13.2 Å². The van der Waals surface area contributed by atoms with Crippen molar-refractivity contribution in [2.75, 3.05) is 12.4 Å². The predicted octanol–water partition coefficient (Wildman–Crippen LogP) is 3.97. The molecular formula is C21H26F3O7S-. The van der Waals surface area contributed by atoms with Gasteiger partial charge in [0.25, 0.3) is 0 Å². The minimum absolute atomic E-state index is 0.0716. The van der Waals surface area contributed by atoms with Crippen LogP contribution in [0.1, 0.15) is 55.5 Å². The Hall–Kier alpha value is -1.85. The highest BCUT2D eigenvalue weighted by atomic mass is 32.2. The number of fused-ring (bicyclic) bond motifs is 2. The molecule has 4 atom stereocenters. The molecule has 3 rings (SSSR count). The average Bonchev–Trinajstić information content (AvgIpc) is 3.28. The molecule has 0 aliphatic heterocycles. The van der Waals surface area contributed by atoms with E-state index in [-0.39, 0.29) is 17.6 Å². The third-order valence-corrected chi connectivity index (χ3v) is 6.53. The average molecular weight is 479 g/mol. The molecule has 0 radical (unpaired) electrons. The van der Waals surface area contributed by atoms with Crippen LogP contribution in [0.5, 0.6) is 5.75 Å². The topological polar surface area (TPSA) is 102 Å². The molecule has 2 fully saturated rings. The molecule has 7 nitrogen and oxygen atoms in total. The molecule has 0 aromatic heterocycles. The maximum atomic E-state index is 13.6. The first-order chi connectivity index (χ1) is 14.8. The molecule has 0 saturated heterocycles. The lowest BCUT2D eigenvalue weighted by atomic mass is 9.97. The number of esters is 1. The molecule has 2 aliphatic carbocycles. The number of alkyl halides is 3. The lowest BCUT2D eigenvalue weighted by Gasteiger charge is -2.31. The first-order valence-electron chi connectivity index (χ1n) is 10.5. The SMILES string of the molecule is CC(C)C(Oc1cc(C(=O)OCCS(=O)(=O)[O-])ccc1C(F)(F)F)OC1CC2CCC1C2. The van der Waals surface area contributed by atoms with Crippen molar-refractivity contribution in [3.05, 3.63) is 29.3 Å². The Bertz CT molecular complexity index is 930. The van der Waals surface area contributed by atoms with Crippen molar-refractivity contribution in [2.24, 2.45) is 17.8 Å². The number of hydrogen-bond acceptors (Lipinski definition) is 7. The zero-order valence-electron chi connectivity index (χ0n) is 17.8. The maximum absolute atomic E-state index is 13.6. The molecule has 0 spiro atoms. The van der Waals surface area contributed by atoms with Gasteiger partial charge in [0.1, 0.15) is 12.4 Å². The molecule has 0 heterocycles. The number of benzene rings is 1. The van der Waals surface area contributed by atoms with Gasteiger partial charge in [0, 0.05) is 5.92 Å². The van der Waals surface area contributed by atoms with Gasteiger partial charge < -0.3 is 18.8 Å². The third-order valence-electron chi connectivity index (χ3n) is 5.86. The van der Waals surface area contributed by atoms with E-state index < -0.39 is 52.2 Å². The molecule has 2 bridgehead atoms. The van der Waals surface area contributed by atoms with E-state index in [0.29, 0.717) is 17.9 Å². The molecule has 180 valence electrons. The summed E-state index contributed by atoms with van der Waals surface area (Å²) in [4.78, 5) is 12.1. The number of carbonyl (C=O) groups is 1. The minimum Gasteiger partial charge on any atom is -0.748 e. The first kappa shape index (κ1) is 24.8. The van der Waals surface area contributed by atoms with Crippen molar-refractivity contribution >= 4 is 16.1 Å². The Balaban J connectivity index is 1.78. The van der Waals surface area contributed by atoms with Crippen LogP contribution in [0.2, 0.25) is 0 Å². The van der Waals surface area contributed by atoms with Crippen LogP contribution in [0.15, 0.2) is 18.2 Å². The van der Waals surface area contributed by atoms with E-state index in [0.717, 1.165) is 37.8 Å². The van der Waals surface area contributed by atoms with Gasteiger partial charge in [0.2, 0.25) is 6.29 Å². The first-order valence-corrected chi connectivity index (χ1v) is 12.1. The lowest BCUT2D eigenvalue weighted by Crippen LogP contribution is -2.34. The van der Waals surface area contributed by atoms with E-state index in [1.807, 2.05) is 0 Å². The fraction of sp³-hybridized carbons (Fsp3) is 0.667. The summed E-state index contributed by atoms with van der Waals surface area (Å²) in [5.74, 6) is -1.87. The smallest absolute Gasteiger partial charge is 0.419 e. The summed E-state index contributed by atoms with van der Waals surface area (Å²) in [6, 6.07) is 2.51. The molecule has 0 N–H and O–H groups in total. The second kappa shape index (κ2) is 9.56. The Morgan fingerprint density at radius 1 is 1.22 bits per heavy atom. The summed E-state index contributed by atoms with van der Waals surface area (Å²) < 4.78 is 89.0. The number of rotatable bonds is 9. The van der Waals surface area contributed by atoms with Crippen LogP contribution in [0.25, 0.3) is 0 Å². The number of carbonyl (C=O) groups excluding carboxylic acids is 1. The Kier molecular flexibility index (Phi) is 7.41. The van der Waals surface area contributed by atoms with Crippen LogP contribution in [-0.4, -0.2) is 43.7 Å². The van der Waals surface area contributed by atoms with Gasteiger partial charge in [0.15, 0.2) is 0 Å². The van der Waals surface area contributed by atoms with Crippen LogP contribution in [0.4, 0.5) is 13.2 Å². The second-order valence-corrected chi connectivity index (χ2v) is 10.2. The van der Waals surface area contributed by atoms with E-state index in [1.54, 1.807) is 13.8 Å². The minimum atomic E-state index is -4.73. The van der Waals surface area contributed by atoms with Crippen LogP contribution in [0, 0.1) is 17.8 Å².